The van der Waals surface area contributed by atoms with Crippen molar-refractivity contribution in [2.24, 2.45) is 0 Å². The van der Waals surface area contributed by atoms with Crippen molar-refractivity contribution in [1.82, 2.24) is 15.2 Å². The van der Waals surface area contributed by atoms with E-state index in [0.717, 1.165) is 22.3 Å². The maximum absolute atomic E-state index is 5.29. The number of hydrogen-bond acceptors (Lipinski definition) is 6. The Morgan fingerprint density at radius 1 is 1.33 bits per heavy atom. The van der Waals surface area contributed by atoms with Gasteiger partial charge in [-0.1, -0.05) is 23.9 Å². The molecule has 21 heavy (non-hydrogen) atoms. The van der Waals surface area contributed by atoms with Gasteiger partial charge in [0.2, 0.25) is 5.95 Å². The molecule has 0 radical (unpaired) electrons. The van der Waals surface area contributed by atoms with Crippen molar-refractivity contribution in [3.63, 3.8) is 0 Å². The van der Waals surface area contributed by atoms with Crippen molar-refractivity contribution in [3.8, 4) is 5.75 Å². The van der Waals surface area contributed by atoms with Crippen molar-refractivity contribution in [2.75, 3.05) is 12.4 Å². The van der Waals surface area contributed by atoms with Gasteiger partial charge >= 0.3 is 0 Å². The lowest BCUT2D eigenvalue weighted by Crippen LogP contribution is -1.95. The van der Waals surface area contributed by atoms with Crippen molar-refractivity contribution >= 4 is 34.7 Å². The highest BCUT2D eigenvalue weighted by molar-refractivity contribution is 7.98. The van der Waals surface area contributed by atoms with Crippen molar-refractivity contribution in [1.29, 1.82) is 0 Å². The first-order chi connectivity index (χ1) is 10.3. The Hall–Kier alpha value is -1.99. The van der Waals surface area contributed by atoms with Crippen LogP contribution in [-0.2, 0) is 5.75 Å². The van der Waals surface area contributed by atoms with Crippen LogP contribution in [0.1, 0.15) is 5.56 Å². The number of aromatic nitrogens is 3. The summed E-state index contributed by atoms with van der Waals surface area (Å²) in [6.45, 7) is 0. The Kier molecular flexibility index (Phi) is 4.42. The SMILES string of the molecule is COc1ccccc1Nc1n[nH]c(SCc2ccsc2)n1. The predicted octanol–water partition coefficient (Wildman–Crippen LogP) is 3.91. The molecule has 0 saturated heterocycles. The van der Waals surface area contributed by atoms with Gasteiger partial charge in [0.15, 0.2) is 5.16 Å². The van der Waals surface area contributed by atoms with Gasteiger partial charge in [-0.3, -0.25) is 5.10 Å². The summed E-state index contributed by atoms with van der Waals surface area (Å²) in [5.74, 6) is 2.18. The molecule has 3 aromatic rings. The Balaban J connectivity index is 1.64. The van der Waals surface area contributed by atoms with Crippen molar-refractivity contribution in [2.45, 2.75) is 10.9 Å². The molecular weight excluding hydrogens is 304 g/mol. The number of aromatic amines is 1. The fourth-order valence-electron chi connectivity index (χ4n) is 1.76. The normalized spacial score (nSPS) is 10.5. The number of rotatable bonds is 6. The summed E-state index contributed by atoms with van der Waals surface area (Å²) < 4.78 is 5.29. The number of methoxy groups -OCH3 is 1. The van der Waals surface area contributed by atoms with Gasteiger partial charge in [-0.05, 0) is 34.5 Å². The van der Waals surface area contributed by atoms with Gasteiger partial charge in [-0.25, -0.2) is 0 Å². The molecule has 3 rings (SSSR count). The highest BCUT2D eigenvalue weighted by Gasteiger charge is 2.07. The van der Waals surface area contributed by atoms with Crippen LogP contribution in [0.2, 0.25) is 0 Å². The van der Waals surface area contributed by atoms with Crippen LogP contribution in [0.15, 0.2) is 46.2 Å². The summed E-state index contributed by atoms with van der Waals surface area (Å²) in [6, 6.07) is 9.78. The van der Waals surface area contributed by atoms with Gasteiger partial charge in [0.05, 0.1) is 12.8 Å². The van der Waals surface area contributed by atoms with E-state index in [9.17, 15) is 0 Å². The summed E-state index contributed by atoms with van der Waals surface area (Å²) in [6.07, 6.45) is 0. The lowest BCUT2D eigenvalue weighted by atomic mass is 10.3. The Morgan fingerprint density at radius 2 is 2.24 bits per heavy atom. The number of anilines is 2. The lowest BCUT2D eigenvalue weighted by molar-refractivity contribution is 0.417. The number of hydrogen-bond donors (Lipinski definition) is 2. The summed E-state index contributed by atoms with van der Waals surface area (Å²) in [5, 5.41) is 15.2. The second-order valence-corrected chi connectivity index (χ2v) is 5.95. The monoisotopic (exact) mass is 318 g/mol. The van der Waals surface area contributed by atoms with E-state index in [-0.39, 0.29) is 0 Å². The summed E-state index contributed by atoms with van der Waals surface area (Å²) in [7, 11) is 1.64. The second kappa shape index (κ2) is 6.64. The zero-order valence-corrected chi connectivity index (χ0v) is 13.0. The smallest absolute Gasteiger partial charge is 0.247 e. The molecule has 5 nitrogen and oxygen atoms in total. The van der Waals surface area contributed by atoms with Gasteiger partial charge in [-0.15, -0.1) is 5.10 Å². The number of ether oxygens (including phenoxy) is 1. The van der Waals surface area contributed by atoms with E-state index in [1.165, 1.54) is 5.56 Å². The summed E-state index contributed by atoms with van der Waals surface area (Å²) in [5.41, 5.74) is 2.13. The molecule has 0 spiro atoms. The number of para-hydroxylation sites is 2. The third kappa shape index (κ3) is 3.56. The molecule has 0 bridgehead atoms. The summed E-state index contributed by atoms with van der Waals surface area (Å²) in [4.78, 5) is 4.41. The molecule has 0 aliphatic carbocycles. The first-order valence-electron chi connectivity index (χ1n) is 6.31. The van der Waals surface area contributed by atoms with Crippen LogP contribution in [0.25, 0.3) is 0 Å². The largest absolute Gasteiger partial charge is 0.495 e. The van der Waals surface area contributed by atoms with Crippen LogP contribution in [0.5, 0.6) is 5.75 Å². The number of thioether (sulfide) groups is 1. The molecule has 0 aliphatic heterocycles. The minimum Gasteiger partial charge on any atom is -0.495 e. The van der Waals surface area contributed by atoms with E-state index in [1.807, 2.05) is 24.3 Å². The van der Waals surface area contributed by atoms with Crippen LogP contribution in [-0.4, -0.2) is 22.3 Å². The molecule has 0 saturated carbocycles. The number of nitrogens with one attached hydrogen (secondary N) is 2. The number of thiophene rings is 1. The average Bonchev–Trinajstić information content (AvgIpc) is 3.17. The molecule has 0 unspecified atom stereocenters. The highest BCUT2D eigenvalue weighted by atomic mass is 32.2. The first-order valence-corrected chi connectivity index (χ1v) is 8.24. The predicted molar refractivity (Wildman–Crippen MR) is 86.5 cm³/mol. The Labute approximate surface area is 130 Å². The fraction of sp³-hybridized carbons (Fsp3) is 0.143. The van der Waals surface area contributed by atoms with E-state index < -0.39 is 0 Å². The Bertz CT molecular complexity index is 697. The van der Waals surface area contributed by atoms with E-state index in [4.69, 9.17) is 4.74 Å². The number of nitrogens with zero attached hydrogens (tertiary/aromatic N) is 2. The topological polar surface area (TPSA) is 62.8 Å². The van der Waals surface area contributed by atoms with Gasteiger partial charge in [0.25, 0.3) is 0 Å². The lowest BCUT2D eigenvalue weighted by Gasteiger charge is -2.07. The van der Waals surface area contributed by atoms with Crippen LogP contribution in [0, 0.1) is 0 Å². The molecule has 0 amide bonds. The molecule has 2 aromatic heterocycles. The molecule has 0 aliphatic rings. The van der Waals surface area contributed by atoms with Gasteiger partial charge in [0.1, 0.15) is 5.75 Å². The van der Waals surface area contributed by atoms with Crippen LogP contribution < -0.4 is 10.1 Å². The third-order valence-corrected chi connectivity index (χ3v) is 4.44. The number of H-pyrrole nitrogens is 1. The van der Waals surface area contributed by atoms with Gasteiger partial charge in [0, 0.05) is 5.75 Å². The molecule has 0 fully saturated rings. The van der Waals surface area contributed by atoms with E-state index in [1.54, 1.807) is 30.2 Å². The minimum atomic E-state index is 0.535. The average molecular weight is 318 g/mol. The molecule has 2 heterocycles. The molecule has 2 N–H and O–H groups in total. The maximum Gasteiger partial charge on any atom is 0.247 e. The molecule has 0 atom stereocenters. The molecule has 7 heteroatoms. The summed E-state index contributed by atoms with van der Waals surface area (Å²) >= 11 is 3.33. The molecule has 108 valence electrons. The molecular formula is C14H14N4OS2. The van der Waals surface area contributed by atoms with Crippen molar-refractivity contribution < 1.29 is 4.74 Å². The standard InChI is InChI=1S/C14H14N4OS2/c1-19-12-5-3-2-4-11(12)15-13-16-14(18-17-13)21-9-10-6-7-20-8-10/h2-8H,9H2,1H3,(H2,15,16,17,18). The van der Waals surface area contributed by atoms with Crippen LogP contribution >= 0.6 is 23.1 Å². The van der Waals surface area contributed by atoms with Crippen LogP contribution in [0.4, 0.5) is 11.6 Å². The first kappa shape index (κ1) is 14.0. The van der Waals surface area contributed by atoms with Crippen LogP contribution in [0.3, 0.4) is 0 Å². The minimum absolute atomic E-state index is 0.535. The van der Waals surface area contributed by atoms with Gasteiger partial charge < -0.3 is 10.1 Å². The van der Waals surface area contributed by atoms with E-state index >= 15 is 0 Å². The quantitative estimate of drug-likeness (QED) is 0.675. The zero-order chi connectivity index (χ0) is 14.5. The second-order valence-electron chi connectivity index (χ2n) is 4.21. The number of benzene rings is 1. The van der Waals surface area contributed by atoms with Gasteiger partial charge in [-0.2, -0.15) is 16.3 Å². The maximum atomic E-state index is 5.29. The Morgan fingerprint density at radius 3 is 3.05 bits per heavy atom. The zero-order valence-electron chi connectivity index (χ0n) is 11.4. The van der Waals surface area contributed by atoms with E-state index in [2.05, 4.69) is 37.3 Å². The molecule has 1 aromatic carbocycles. The fourth-order valence-corrected chi connectivity index (χ4v) is 3.28. The van der Waals surface area contributed by atoms with Crippen molar-refractivity contribution in [3.05, 3.63) is 46.7 Å². The van der Waals surface area contributed by atoms with E-state index in [0.29, 0.717) is 5.95 Å². The third-order valence-electron chi connectivity index (χ3n) is 2.77. The highest BCUT2D eigenvalue weighted by Crippen LogP contribution is 2.27.